The fourth-order valence-electron chi connectivity index (χ4n) is 4.27. The van der Waals surface area contributed by atoms with E-state index in [0.717, 1.165) is 25.7 Å². The van der Waals surface area contributed by atoms with Crippen LogP contribution in [0.4, 0.5) is 10.1 Å². The molecule has 0 bridgehead atoms. The Balaban J connectivity index is 1.19. The zero-order valence-corrected chi connectivity index (χ0v) is 17.7. The monoisotopic (exact) mass is 442 g/mol. The van der Waals surface area contributed by atoms with Crippen molar-refractivity contribution < 1.29 is 23.5 Å². The number of ether oxygens (including phenoxy) is 2. The van der Waals surface area contributed by atoms with Gasteiger partial charge in [-0.25, -0.2) is 4.39 Å². The summed E-state index contributed by atoms with van der Waals surface area (Å²) in [7, 11) is 0. The first-order valence-electron chi connectivity index (χ1n) is 10.5. The molecule has 2 amide bonds. The van der Waals surface area contributed by atoms with E-state index in [4.69, 9.17) is 9.47 Å². The maximum atomic E-state index is 13.9. The van der Waals surface area contributed by atoms with Crippen molar-refractivity contribution in [1.82, 2.24) is 5.32 Å². The largest absolute Gasteiger partial charge is 0.448 e. The van der Waals surface area contributed by atoms with Crippen molar-refractivity contribution in [3.8, 4) is 11.5 Å². The number of nitrogens with one attached hydrogen (secondary N) is 2. The molecule has 1 saturated heterocycles. The van der Waals surface area contributed by atoms with Crippen LogP contribution in [0.5, 0.6) is 11.5 Å². The minimum atomic E-state index is -0.652. The molecule has 3 aliphatic rings. The first-order chi connectivity index (χ1) is 15.0. The number of carbonyl (C=O) groups is 2. The summed E-state index contributed by atoms with van der Waals surface area (Å²) in [5.74, 6) is 0.325. The Bertz CT molecular complexity index is 1020. The molecule has 0 radical (unpaired) electrons. The van der Waals surface area contributed by atoms with Crippen molar-refractivity contribution in [2.24, 2.45) is 0 Å². The van der Waals surface area contributed by atoms with Crippen molar-refractivity contribution in [3.05, 3.63) is 53.8 Å². The first kappa shape index (κ1) is 20.2. The minimum absolute atomic E-state index is 0.256. The molecule has 2 fully saturated rings. The standard InChI is InChI=1S/C23H23FN2O4S/c24-16-6-2-1-5-14(16)11-20-22(28)26-17(13-31-20)21(27)25-15-7-8-18-19(12-15)30-23(29-18)9-3-4-10-23/h1-2,5-8,12,17,20H,3-4,9-11,13H2,(H,25,27)(H,26,28)/t17-,20-/m1/s1. The van der Waals surface area contributed by atoms with Gasteiger partial charge in [-0.3, -0.25) is 9.59 Å². The quantitative estimate of drug-likeness (QED) is 0.756. The Kier molecular flexibility index (Phi) is 5.25. The number of rotatable bonds is 4. The van der Waals surface area contributed by atoms with E-state index < -0.39 is 17.1 Å². The predicted octanol–water partition coefficient (Wildman–Crippen LogP) is 3.65. The van der Waals surface area contributed by atoms with Crippen LogP contribution in [-0.2, 0) is 16.0 Å². The molecule has 1 spiro atoms. The molecule has 2 N–H and O–H groups in total. The van der Waals surface area contributed by atoms with E-state index in [1.165, 1.54) is 17.8 Å². The molecule has 5 rings (SSSR count). The molecular formula is C23H23FN2O4S. The summed E-state index contributed by atoms with van der Waals surface area (Å²) in [6.07, 6.45) is 4.18. The SMILES string of the molecule is O=C(Nc1ccc2c(c1)OC1(CCCC1)O2)[C@H]1CS[C@H](Cc2ccccc2F)C(=O)N1. The Labute approximate surface area is 183 Å². The van der Waals surface area contributed by atoms with Crippen molar-refractivity contribution in [2.75, 3.05) is 11.1 Å². The van der Waals surface area contributed by atoms with Gasteiger partial charge in [-0.2, -0.15) is 0 Å². The molecule has 8 heteroatoms. The fourth-order valence-corrected chi connectivity index (χ4v) is 5.45. The molecule has 31 heavy (non-hydrogen) atoms. The number of anilines is 1. The van der Waals surface area contributed by atoms with Crippen molar-refractivity contribution in [3.63, 3.8) is 0 Å². The third-order valence-electron chi connectivity index (χ3n) is 5.92. The number of halogens is 1. The van der Waals surface area contributed by atoms with E-state index in [9.17, 15) is 14.0 Å². The molecule has 6 nitrogen and oxygen atoms in total. The highest BCUT2D eigenvalue weighted by atomic mass is 32.2. The molecule has 2 aromatic carbocycles. The third-order valence-corrected chi connectivity index (χ3v) is 7.23. The summed E-state index contributed by atoms with van der Waals surface area (Å²) in [4.78, 5) is 25.2. The summed E-state index contributed by atoms with van der Waals surface area (Å²) in [6, 6.07) is 11.1. The van der Waals surface area contributed by atoms with Crippen LogP contribution in [0.15, 0.2) is 42.5 Å². The maximum absolute atomic E-state index is 13.9. The van der Waals surface area contributed by atoms with Crippen LogP contribution in [0.25, 0.3) is 0 Å². The van der Waals surface area contributed by atoms with Crippen molar-refractivity contribution in [1.29, 1.82) is 0 Å². The first-order valence-corrected chi connectivity index (χ1v) is 11.5. The smallest absolute Gasteiger partial charge is 0.251 e. The Morgan fingerprint density at radius 3 is 2.71 bits per heavy atom. The van der Waals surface area contributed by atoms with Crippen molar-refractivity contribution >= 4 is 29.3 Å². The Morgan fingerprint density at radius 2 is 1.94 bits per heavy atom. The topological polar surface area (TPSA) is 76.7 Å². The molecule has 162 valence electrons. The summed E-state index contributed by atoms with van der Waals surface area (Å²) in [5.41, 5.74) is 1.09. The lowest BCUT2D eigenvalue weighted by Gasteiger charge is -2.28. The van der Waals surface area contributed by atoms with Crippen LogP contribution >= 0.6 is 11.8 Å². The average molecular weight is 443 g/mol. The molecule has 2 aromatic rings. The van der Waals surface area contributed by atoms with Gasteiger partial charge >= 0.3 is 0 Å². The molecule has 2 heterocycles. The second-order valence-corrected chi connectivity index (χ2v) is 9.39. The van der Waals surface area contributed by atoms with Crippen molar-refractivity contribution in [2.45, 2.75) is 49.2 Å². The zero-order chi connectivity index (χ0) is 21.4. The van der Waals surface area contributed by atoms with Gasteiger partial charge in [-0.15, -0.1) is 11.8 Å². The summed E-state index contributed by atoms with van der Waals surface area (Å²) in [5, 5.41) is 5.20. The van der Waals surface area contributed by atoms with Gasteiger partial charge in [0.05, 0.1) is 5.25 Å². The summed E-state index contributed by atoms with van der Waals surface area (Å²) >= 11 is 1.37. The normalized spacial score (nSPS) is 23.6. The number of fused-ring (bicyclic) bond motifs is 1. The summed E-state index contributed by atoms with van der Waals surface area (Å²) in [6.45, 7) is 0. The molecule has 1 aliphatic carbocycles. The highest BCUT2D eigenvalue weighted by Crippen LogP contribution is 2.47. The van der Waals surface area contributed by atoms with E-state index in [1.54, 1.807) is 36.4 Å². The lowest BCUT2D eigenvalue weighted by molar-refractivity contribution is -0.126. The number of benzene rings is 2. The second-order valence-electron chi connectivity index (χ2n) is 8.15. The number of hydrogen-bond acceptors (Lipinski definition) is 5. The number of carbonyl (C=O) groups excluding carboxylic acids is 2. The lowest BCUT2D eigenvalue weighted by Crippen LogP contribution is -2.52. The zero-order valence-electron chi connectivity index (χ0n) is 16.9. The number of amides is 2. The third kappa shape index (κ3) is 4.08. The van der Waals surface area contributed by atoms with Crippen LogP contribution < -0.4 is 20.1 Å². The van der Waals surface area contributed by atoms with E-state index in [1.807, 2.05) is 0 Å². The minimum Gasteiger partial charge on any atom is -0.448 e. The van der Waals surface area contributed by atoms with Gasteiger partial charge in [-0.05, 0) is 43.0 Å². The van der Waals surface area contributed by atoms with Gasteiger partial charge < -0.3 is 20.1 Å². The average Bonchev–Trinajstić information content (AvgIpc) is 3.36. The van der Waals surface area contributed by atoms with Gasteiger partial charge in [0.25, 0.3) is 5.79 Å². The molecule has 2 atom stereocenters. The highest BCUT2D eigenvalue weighted by molar-refractivity contribution is 8.00. The number of hydrogen-bond donors (Lipinski definition) is 2. The Hall–Kier alpha value is -2.74. The van der Waals surface area contributed by atoms with Crippen LogP contribution in [0.3, 0.4) is 0 Å². The van der Waals surface area contributed by atoms with E-state index in [2.05, 4.69) is 10.6 Å². The maximum Gasteiger partial charge on any atom is 0.251 e. The Morgan fingerprint density at radius 1 is 1.16 bits per heavy atom. The van der Waals surface area contributed by atoms with Gasteiger partial charge in [0.1, 0.15) is 11.9 Å². The van der Waals surface area contributed by atoms with E-state index in [0.29, 0.717) is 34.9 Å². The van der Waals surface area contributed by atoms with Gasteiger partial charge in [0, 0.05) is 30.3 Å². The fraction of sp³-hybridized carbons (Fsp3) is 0.391. The van der Waals surface area contributed by atoms with Gasteiger partial charge in [-0.1, -0.05) is 18.2 Å². The molecular weight excluding hydrogens is 419 g/mol. The van der Waals surface area contributed by atoms with E-state index >= 15 is 0 Å². The highest BCUT2D eigenvalue weighted by Gasteiger charge is 2.44. The molecule has 0 aromatic heterocycles. The van der Waals surface area contributed by atoms with Crippen LogP contribution in [0.1, 0.15) is 31.2 Å². The molecule has 0 unspecified atom stereocenters. The van der Waals surface area contributed by atoms with Crippen LogP contribution in [0, 0.1) is 5.82 Å². The van der Waals surface area contributed by atoms with E-state index in [-0.39, 0.29) is 17.6 Å². The van der Waals surface area contributed by atoms with Crippen LogP contribution in [0.2, 0.25) is 0 Å². The summed E-state index contributed by atoms with van der Waals surface area (Å²) < 4.78 is 25.9. The molecule has 1 saturated carbocycles. The molecule has 2 aliphatic heterocycles. The lowest BCUT2D eigenvalue weighted by atomic mass is 10.1. The predicted molar refractivity (Wildman–Crippen MR) is 116 cm³/mol. The number of thioether (sulfide) groups is 1. The second kappa shape index (κ2) is 8.07. The van der Waals surface area contributed by atoms with Gasteiger partial charge in [0.2, 0.25) is 11.8 Å². The van der Waals surface area contributed by atoms with Gasteiger partial charge in [0.15, 0.2) is 11.5 Å². The van der Waals surface area contributed by atoms with Crippen LogP contribution in [-0.4, -0.2) is 34.6 Å².